The maximum Gasteiger partial charge on any atom is 0.342 e. The molecule has 1 heterocycles. The molecule has 0 aromatic heterocycles. The van der Waals surface area contributed by atoms with Gasteiger partial charge in [0.25, 0.3) is 0 Å². The van der Waals surface area contributed by atoms with Gasteiger partial charge in [-0.25, -0.2) is 4.79 Å². The van der Waals surface area contributed by atoms with E-state index < -0.39 is 11.9 Å². The number of ether oxygens (including phenoxy) is 3. The molecule has 0 unspecified atom stereocenters. The molecule has 0 atom stereocenters. The van der Waals surface area contributed by atoms with Crippen LogP contribution < -0.4 is 9.47 Å². The van der Waals surface area contributed by atoms with Crippen LogP contribution >= 0.6 is 0 Å². The number of hydrogen-bond acceptors (Lipinski definition) is 5. The van der Waals surface area contributed by atoms with Crippen LogP contribution in [-0.2, 0) is 14.3 Å². The predicted octanol–water partition coefficient (Wildman–Crippen LogP) is 1.56. The monoisotopic (exact) mass is 248 g/mol. The van der Waals surface area contributed by atoms with E-state index in [2.05, 4.69) is 4.74 Å². The minimum atomic E-state index is -0.607. The van der Waals surface area contributed by atoms with E-state index in [0.717, 1.165) is 0 Å². The van der Waals surface area contributed by atoms with Gasteiger partial charge in [-0.1, -0.05) is 0 Å². The second-order valence-corrected chi connectivity index (χ2v) is 3.72. The molecule has 1 aliphatic rings. The number of esters is 2. The van der Waals surface area contributed by atoms with Gasteiger partial charge < -0.3 is 14.2 Å². The third kappa shape index (κ3) is 2.34. The molecule has 18 heavy (non-hydrogen) atoms. The molecule has 1 aromatic rings. The van der Waals surface area contributed by atoms with Crippen molar-refractivity contribution in [2.75, 3.05) is 14.2 Å². The van der Waals surface area contributed by atoms with Crippen LogP contribution in [0.25, 0.3) is 6.08 Å². The number of carbonyl (C=O) groups excluding carboxylic acids is 2. The molecule has 0 N–H and O–H groups in total. The van der Waals surface area contributed by atoms with Gasteiger partial charge in [0, 0.05) is 11.1 Å². The average Bonchev–Trinajstić information content (AvgIpc) is 2.67. The summed E-state index contributed by atoms with van der Waals surface area (Å²) in [5.74, 6) is 0.0915. The van der Waals surface area contributed by atoms with Crippen molar-refractivity contribution in [3.8, 4) is 11.5 Å². The van der Waals surface area contributed by atoms with Gasteiger partial charge in [-0.15, -0.1) is 0 Å². The summed E-state index contributed by atoms with van der Waals surface area (Å²) in [7, 11) is 3.08. The molecule has 0 bridgehead atoms. The van der Waals surface area contributed by atoms with E-state index in [0.29, 0.717) is 22.6 Å². The van der Waals surface area contributed by atoms with Crippen LogP contribution in [-0.4, -0.2) is 26.2 Å². The molecular formula is C13H12O5. The standard InChI is InChI=1S/C13H12O5/c1-16-10-3-4-11(17-2)8(6-10)5-9-7-12(14)18-13(9)15/h3-6H,7H2,1-2H3/b9-5+. The lowest BCUT2D eigenvalue weighted by Gasteiger charge is -2.07. The normalized spacial score (nSPS) is 16.9. The summed E-state index contributed by atoms with van der Waals surface area (Å²) in [6, 6.07) is 5.20. The fourth-order valence-corrected chi connectivity index (χ4v) is 1.68. The fraction of sp³-hybridized carbons (Fsp3) is 0.231. The van der Waals surface area contributed by atoms with Gasteiger partial charge in [0.2, 0.25) is 0 Å². The Morgan fingerprint density at radius 1 is 1.22 bits per heavy atom. The second kappa shape index (κ2) is 4.91. The van der Waals surface area contributed by atoms with E-state index in [-0.39, 0.29) is 6.42 Å². The lowest BCUT2D eigenvalue weighted by atomic mass is 10.1. The lowest BCUT2D eigenvalue weighted by molar-refractivity contribution is -0.151. The van der Waals surface area contributed by atoms with Crippen molar-refractivity contribution in [2.45, 2.75) is 6.42 Å². The van der Waals surface area contributed by atoms with E-state index in [1.165, 1.54) is 7.11 Å². The molecule has 0 saturated carbocycles. The number of rotatable bonds is 3. The molecule has 5 nitrogen and oxygen atoms in total. The maximum absolute atomic E-state index is 11.4. The Balaban J connectivity index is 2.40. The number of carbonyl (C=O) groups is 2. The van der Waals surface area contributed by atoms with Crippen LogP contribution in [0.3, 0.4) is 0 Å². The molecule has 1 saturated heterocycles. The van der Waals surface area contributed by atoms with Gasteiger partial charge in [0.05, 0.1) is 20.6 Å². The Morgan fingerprint density at radius 3 is 2.56 bits per heavy atom. The fourth-order valence-electron chi connectivity index (χ4n) is 1.68. The first kappa shape index (κ1) is 12.2. The summed E-state index contributed by atoms with van der Waals surface area (Å²) in [5, 5.41) is 0. The van der Waals surface area contributed by atoms with Gasteiger partial charge in [-0.2, -0.15) is 0 Å². The van der Waals surface area contributed by atoms with Crippen molar-refractivity contribution >= 4 is 18.0 Å². The molecule has 94 valence electrons. The number of cyclic esters (lactones) is 2. The average molecular weight is 248 g/mol. The van der Waals surface area contributed by atoms with Crippen LogP contribution in [0.4, 0.5) is 0 Å². The van der Waals surface area contributed by atoms with Crippen molar-refractivity contribution in [1.82, 2.24) is 0 Å². The molecule has 1 aromatic carbocycles. The van der Waals surface area contributed by atoms with E-state index in [1.807, 2.05) is 0 Å². The Bertz CT molecular complexity index is 530. The number of hydrogen-bond donors (Lipinski definition) is 0. The summed E-state index contributed by atoms with van der Waals surface area (Å²) >= 11 is 0. The Hall–Kier alpha value is -2.30. The Morgan fingerprint density at radius 2 is 2.00 bits per heavy atom. The first-order valence-electron chi connectivity index (χ1n) is 5.31. The first-order valence-corrected chi connectivity index (χ1v) is 5.31. The topological polar surface area (TPSA) is 61.8 Å². The molecule has 5 heteroatoms. The van der Waals surface area contributed by atoms with Crippen LogP contribution in [0.5, 0.6) is 11.5 Å². The molecular weight excluding hydrogens is 236 g/mol. The van der Waals surface area contributed by atoms with Crippen LogP contribution in [0.2, 0.25) is 0 Å². The lowest BCUT2D eigenvalue weighted by Crippen LogP contribution is -1.97. The van der Waals surface area contributed by atoms with Crippen molar-refractivity contribution in [3.63, 3.8) is 0 Å². The summed E-state index contributed by atoms with van der Waals surface area (Å²) in [4.78, 5) is 22.4. The van der Waals surface area contributed by atoms with Gasteiger partial charge >= 0.3 is 11.9 Å². The van der Waals surface area contributed by atoms with E-state index >= 15 is 0 Å². The smallest absolute Gasteiger partial charge is 0.342 e. The van der Waals surface area contributed by atoms with E-state index in [1.54, 1.807) is 31.4 Å². The zero-order valence-electron chi connectivity index (χ0n) is 10.1. The van der Waals surface area contributed by atoms with Crippen molar-refractivity contribution in [1.29, 1.82) is 0 Å². The van der Waals surface area contributed by atoms with E-state index in [4.69, 9.17) is 9.47 Å². The van der Waals surface area contributed by atoms with Gasteiger partial charge in [0.1, 0.15) is 11.5 Å². The van der Waals surface area contributed by atoms with Crippen molar-refractivity contribution in [2.24, 2.45) is 0 Å². The molecule has 1 aliphatic heterocycles. The number of methoxy groups -OCH3 is 2. The molecule has 1 fully saturated rings. The molecule has 0 radical (unpaired) electrons. The minimum absolute atomic E-state index is 0.0147. The SMILES string of the molecule is COc1ccc(OC)c(/C=C2\CC(=O)OC2=O)c1. The highest BCUT2D eigenvalue weighted by molar-refractivity contribution is 6.08. The highest BCUT2D eigenvalue weighted by atomic mass is 16.6. The summed E-state index contributed by atoms with van der Waals surface area (Å²) in [6.45, 7) is 0. The Labute approximate surface area is 104 Å². The van der Waals surface area contributed by atoms with Gasteiger partial charge in [-0.05, 0) is 24.3 Å². The maximum atomic E-state index is 11.4. The Kier molecular flexibility index (Phi) is 3.32. The summed E-state index contributed by atoms with van der Waals surface area (Å²) < 4.78 is 14.7. The summed E-state index contributed by atoms with van der Waals surface area (Å²) in [5.41, 5.74) is 0.977. The van der Waals surface area contributed by atoms with Gasteiger partial charge in [0.15, 0.2) is 0 Å². The van der Waals surface area contributed by atoms with Crippen LogP contribution in [0, 0.1) is 0 Å². The van der Waals surface area contributed by atoms with Crippen molar-refractivity contribution in [3.05, 3.63) is 29.3 Å². The summed E-state index contributed by atoms with van der Waals surface area (Å²) in [6.07, 6.45) is 1.56. The minimum Gasteiger partial charge on any atom is -0.497 e. The number of benzene rings is 1. The highest BCUT2D eigenvalue weighted by Crippen LogP contribution is 2.28. The third-order valence-electron chi connectivity index (χ3n) is 2.57. The van der Waals surface area contributed by atoms with Crippen LogP contribution in [0.1, 0.15) is 12.0 Å². The predicted molar refractivity (Wildman–Crippen MR) is 63.2 cm³/mol. The zero-order valence-corrected chi connectivity index (χ0v) is 10.1. The molecule has 0 spiro atoms. The first-order chi connectivity index (χ1) is 8.63. The van der Waals surface area contributed by atoms with Gasteiger partial charge in [-0.3, -0.25) is 4.79 Å². The molecule has 2 rings (SSSR count). The third-order valence-corrected chi connectivity index (χ3v) is 2.57. The quantitative estimate of drug-likeness (QED) is 0.461. The highest BCUT2D eigenvalue weighted by Gasteiger charge is 2.27. The molecule has 0 aliphatic carbocycles. The second-order valence-electron chi connectivity index (χ2n) is 3.72. The zero-order chi connectivity index (χ0) is 13.1. The van der Waals surface area contributed by atoms with Crippen molar-refractivity contribution < 1.29 is 23.8 Å². The molecule has 0 amide bonds. The largest absolute Gasteiger partial charge is 0.497 e. The van der Waals surface area contributed by atoms with E-state index in [9.17, 15) is 9.59 Å². The van der Waals surface area contributed by atoms with Crippen LogP contribution in [0.15, 0.2) is 23.8 Å².